The minimum Gasteiger partial charge on any atom is -0.390 e. The van der Waals surface area contributed by atoms with Crippen molar-refractivity contribution in [3.8, 4) is 11.3 Å². The van der Waals surface area contributed by atoms with Gasteiger partial charge in [0.25, 0.3) is 0 Å². The Labute approximate surface area is 205 Å². The van der Waals surface area contributed by atoms with Gasteiger partial charge in [-0.3, -0.25) is 4.40 Å². The number of aliphatic hydroxyl groups is 1. The van der Waals surface area contributed by atoms with Crippen LogP contribution in [0.2, 0.25) is 0 Å². The van der Waals surface area contributed by atoms with Crippen LogP contribution >= 0.6 is 24.8 Å². The predicted octanol–water partition coefficient (Wildman–Crippen LogP) is 1.85. The number of hydrogen-bond acceptors (Lipinski definition) is 7. The molecule has 2 saturated heterocycles. The number of sulfonamides is 1. The smallest absolute Gasteiger partial charge is 0.390 e. The molecule has 2 aliphatic rings. The number of anilines is 1. The lowest BCUT2D eigenvalue weighted by atomic mass is 10.1. The van der Waals surface area contributed by atoms with E-state index < -0.39 is 34.0 Å². The molecule has 186 valence electrons. The zero-order valence-electron chi connectivity index (χ0n) is 17.5. The fourth-order valence-electron chi connectivity index (χ4n) is 4.35. The lowest BCUT2D eigenvalue weighted by molar-refractivity contribution is -0.141. The number of piperazine rings is 1. The average molecular weight is 541 g/mol. The largest absolute Gasteiger partial charge is 0.434 e. The van der Waals surface area contributed by atoms with Crippen molar-refractivity contribution in [2.45, 2.75) is 36.2 Å². The number of aliphatic hydroxyl groups excluding tert-OH is 1. The molecule has 2 aliphatic heterocycles. The second-order valence-electron chi connectivity index (χ2n) is 7.97. The number of rotatable bonds is 3. The van der Waals surface area contributed by atoms with E-state index in [1.165, 1.54) is 22.6 Å². The van der Waals surface area contributed by atoms with Gasteiger partial charge in [0.05, 0.1) is 28.9 Å². The minimum absolute atomic E-state index is 0. The summed E-state index contributed by atoms with van der Waals surface area (Å²) in [6.07, 6.45) is -3.38. The van der Waals surface area contributed by atoms with Crippen molar-refractivity contribution in [2.24, 2.45) is 0 Å². The zero-order chi connectivity index (χ0) is 23.0. The van der Waals surface area contributed by atoms with E-state index in [1.54, 1.807) is 13.0 Å². The Hall–Kier alpha value is -2.16. The molecule has 0 spiro atoms. The van der Waals surface area contributed by atoms with Crippen LogP contribution in [0.4, 0.5) is 19.0 Å². The van der Waals surface area contributed by atoms with Gasteiger partial charge in [0.2, 0.25) is 10.0 Å². The Morgan fingerprint density at radius 2 is 1.97 bits per heavy atom. The maximum absolute atomic E-state index is 13.3. The summed E-state index contributed by atoms with van der Waals surface area (Å²) in [5.41, 5.74) is 5.81. The van der Waals surface area contributed by atoms with E-state index in [9.17, 15) is 26.7 Å². The molecule has 15 heteroatoms. The van der Waals surface area contributed by atoms with Crippen LogP contribution in [0.5, 0.6) is 0 Å². The highest BCUT2D eigenvalue weighted by molar-refractivity contribution is 7.89. The Morgan fingerprint density at radius 3 is 2.56 bits per heavy atom. The number of alkyl halides is 3. The highest BCUT2D eigenvalue weighted by Crippen LogP contribution is 2.35. The van der Waals surface area contributed by atoms with Gasteiger partial charge in [-0.25, -0.2) is 18.4 Å². The van der Waals surface area contributed by atoms with Crippen molar-refractivity contribution in [1.82, 2.24) is 24.0 Å². The summed E-state index contributed by atoms with van der Waals surface area (Å²) >= 11 is 0. The van der Waals surface area contributed by atoms with Crippen molar-refractivity contribution in [3.63, 3.8) is 0 Å². The topological polar surface area (TPSA) is 126 Å². The maximum Gasteiger partial charge on any atom is 0.434 e. The van der Waals surface area contributed by atoms with Crippen molar-refractivity contribution < 1.29 is 26.7 Å². The molecule has 5 rings (SSSR count). The Bertz CT molecular complexity index is 1350. The molecular weight excluding hydrogens is 520 g/mol. The number of nitrogen functional groups attached to an aromatic ring is 1. The summed E-state index contributed by atoms with van der Waals surface area (Å²) in [4.78, 5) is 7.43. The second kappa shape index (κ2) is 8.81. The quantitative estimate of drug-likeness (QED) is 0.462. The van der Waals surface area contributed by atoms with Gasteiger partial charge in [-0.2, -0.15) is 17.5 Å². The molecule has 2 fully saturated rings. The second-order valence-corrected chi connectivity index (χ2v) is 9.86. The molecule has 0 aliphatic carbocycles. The fourth-order valence-corrected chi connectivity index (χ4v) is 6.04. The number of fused-ring (bicyclic) bond motifs is 3. The third-order valence-electron chi connectivity index (χ3n) is 6.04. The first kappa shape index (κ1) is 26.4. The monoisotopic (exact) mass is 540 g/mol. The number of halogens is 5. The molecule has 3 aromatic rings. The average Bonchev–Trinajstić information content (AvgIpc) is 3.40. The molecule has 1 aromatic carbocycles. The fraction of sp³-hybridized carbons (Fsp3) is 0.368. The van der Waals surface area contributed by atoms with E-state index in [0.717, 1.165) is 10.6 Å². The van der Waals surface area contributed by atoms with Crippen LogP contribution in [0, 0.1) is 6.92 Å². The Morgan fingerprint density at radius 1 is 1.26 bits per heavy atom. The van der Waals surface area contributed by atoms with E-state index in [2.05, 4.69) is 15.3 Å². The van der Waals surface area contributed by atoms with Crippen LogP contribution in [0.1, 0.15) is 11.3 Å². The van der Waals surface area contributed by atoms with Crippen molar-refractivity contribution in [2.75, 3.05) is 18.8 Å². The first-order valence-corrected chi connectivity index (χ1v) is 11.2. The van der Waals surface area contributed by atoms with E-state index in [4.69, 9.17) is 5.73 Å². The number of imidazole rings is 1. The van der Waals surface area contributed by atoms with Crippen LogP contribution in [0.3, 0.4) is 0 Å². The summed E-state index contributed by atoms with van der Waals surface area (Å²) < 4.78 is 68.8. The van der Waals surface area contributed by atoms with Gasteiger partial charge < -0.3 is 16.2 Å². The molecule has 0 amide bonds. The number of benzene rings is 1. The number of nitrogens with zero attached hydrogens (tertiary/aromatic N) is 4. The third-order valence-corrected chi connectivity index (χ3v) is 7.93. The first-order valence-electron chi connectivity index (χ1n) is 9.73. The highest BCUT2D eigenvalue weighted by atomic mass is 35.5. The number of nitrogens with one attached hydrogen (secondary N) is 1. The first-order chi connectivity index (χ1) is 15.0. The third kappa shape index (κ3) is 3.99. The molecule has 2 aromatic heterocycles. The number of nitrogens with two attached hydrogens (primary N) is 1. The van der Waals surface area contributed by atoms with E-state index in [1.807, 2.05) is 0 Å². The number of aromatic nitrogens is 3. The molecule has 9 nitrogen and oxygen atoms in total. The van der Waals surface area contributed by atoms with E-state index in [-0.39, 0.29) is 59.5 Å². The molecule has 34 heavy (non-hydrogen) atoms. The molecule has 3 unspecified atom stereocenters. The van der Waals surface area contributed by atoms with Crippen LogP contribution in [-0.4, -0.2) is 63.5 Å². The van der Waals surface area contributed by atoms with Crippen molar-refractivity contribution in [1.29, 1.82) is 0 Å². The van der Waals surface area contributed by atoms with Crippen LogP contribution in [0.15, 0.2) is 35.5 Å². The normalized spacial score (nSPS) is 22.6. The minimum atomic E-state index is -4.71. The lowest BCUT2D eigenvalue weighted by Crippen LogP contribution is -2.46. The Kier molecular flexibility index (Phi) is 6.85. The van der Waals surface area contributed by atoms with Gasteiger partial charge in [-0.15, -0.1) is 24.8 Å². The Balaban J connectivity index is 0.00000162. The molecule has 4 N–H and O–H groups in total. The van der Waals surface area contributed by atoms with Crippen LogP contribution in [-0.2, 0) is 16.2 Å². The summed E-state index contributed by atoms with van der Waals surface area (Å²) in [6.45, 7) is 2.21. The standard InChI is InChI=1S/C19H19F3N6O3S.2ClH/c1-9-2-3-10(32(30,31)28-7-12-16(29)14(28)6-24-12)4-11(9)13-5-25-18-17(23)26-15(8-27(13)18)19(20,21)22;;/h2-5,8,12,14,16,24,29H,6-7H2,1H3,(H2,23,26);2*1H. The lowest BCUT2D eigenvalue weighted by Gasteiger charge is -2.26. The predicted molar refractivity (Wildman–Crippen MR) is 123 cm³/mol. The molecule has 3 atom stereocenters. The van der Waals surface area contributed by atoms with Gasteiger partial charge in [0.15, 0.2) is 17.2 Å². The summed E-state index contributed by atoms with van der Waals surface area (Å²) in [5.74, 6) is -0.387. The SMILES string of the molecule is Cc1ccc(S(=O)(=O)N2CC3NCC2C3O)cc1-c1cnc2c(N)nc(C(F)(F)F)cn12.Cl.Cl. The van der Waals surface area contributed by atoms with E-state index in [0.29, 0.717) is 17.7 Å². The molecule has 4 heterocycles. The van der Waals surface area contributed by atoms with Gasteiger partial charge in [-0.05, 0) is 24.6 Å². The molecular formula is C19H21Cl2F3N6O3S. The van der Waals surface area contributed by atoms with E-state index >= 15 is 0 Å². The maximum atomic E-state index is 13.3. The molecule has 2 bridgehead atoms. The summed E-state index contributed by atoms with van der Waals surface area (Å²) in [7, 11) is -3.94. The number of hydrogen-bond donors (Lipinski definition) is 3. The van der Waals surface area contributed by atoms with Crippen LogP contribution in [0.25, 0.3) is 16.9 Å². The molecule has 0 radical (unpaired) electrons. The van der Waals surface area contributed by atoms with Gasteiger partial charge in [-0.1, -0.05) is 6.07 Å². The van der Waals surface area contributed by atoms with Crippen molar-refractivity contribution >= 4 is 46.3 Å². The van der Waals surface area contributed by atoms with Crippen molar-refractivity contribution in [3.05, 3.63) is 41.9 Å². The summed E-state index contributed by atoms with van der Waals surface area (Å²) in [6, 6.07) is 3.55. The van der Waals surface area contributed by atoms with Gasteiger partial charge >= 0.3 is 6.18 Å². The summed E-state index contributed by atoms with van der Waals surface area (Å²) in [5, 5.41) is 13.3. The highest BCUT2D eigenvalue weighted by Gasteiger charge is 2.51. The zero-order valence-corrected chi connectivity index (χ0v) is 20.0. The van der Waals surface area contributed by atoms with Crippen LogP contribution < -0.4 is 11.1 Å². The van der Waals surface area contributed by atoms with Gasteiger partial charge in [0.1, 0.15) is 0 Å². The molecule has 0 saturated carbocycles. The number of aryl methyl sites for hydroxylation is 1. The van der Waals surface area contributed by atoms with Gasteiger partial charge in [0, 0.05) is 30.9 Å².